The van der Waals surface area contributed by atoms with Gasteiger partial charge in [-0.15, -0.1) is 0 Å². The van der Waals surface area contributed by atoms with E-state index in [1.807, 2.05) is 54.7 Å². The minimum Gasteiger partial charge on any atom is -0.444 e. The number of amides is 5. The van der Waals surface area contributed by atoms with Crippen LogP contribution in [0.15, 0.2) is 91.1 Å². The highest BCUT2D eigenvalue weighted by molar-refractivity contribution is 5.92. The summed E-state index contributed by atoms with van der Waals surface area (Å²) < 4.78 is 11.0. The van der Waals surface area contributed by atoms with Gasteiger partial charge in [0.05, 0.1) is 17.9 Å². The lowest BCUT2D eigenvalue weighted by atomic mass is 9.81. The molecule has 5 amide bonds. The lowest BCUT2D eigenvalue weighted by Gasteiger charge is -2.33. The molecule has 3 heterocycles. The molecule has 4 N–H and O–H groups in total. The number of H-pyrrole nitrogens is 1. The monoisotopic (exact) mass is 873 g/mol. The maximum Gasteiger partial charge on any atom is 0.408 e. The number of benzene rings is 3. The normalized spacial score (nSPS) is 21.1. The van der Waals surface area contributed by atoms with E-state index in [0.29, 0.717) is 48.8 Å². The molecule has 14 heteroatoms. The zero-order chi connectivity index (χ0) is 45.6. The fraction of sp³-hybridized carbons (Fsp3) is 0.480. The lowest BCUT2D eigenvalue weighted by molar-refractivity contribution is -0.140. The number of alkyl carbamates (subject to hydrolysis) is 2. The molecule has 340 valence electrons. The quantitative estimate of drug-likeness (QED) is 0.116. The summed E-state index contributed by atoms with van der Waals surface area (Å²) in [5.74, 6) is 0.295. The standard InChI is InChI=1S/C50H63N7O7/c1-49(2,3)63-47(61)54-41(33-16-9-7-10-17-33)45(59)56-28-14-22-39(56)43-51-31-38(53-43)36-21-13-20-35(30-36)32-24-26-37(27-25-32)52-44(58)40-23-15-29-57(40)46(60)42(34-18-11-8-12-19-34)55-48(62)64-50(4,5)6/h7-13,16-21,30-32,37,39-42H,14-15,22-29H2,1-6H3,(H,51,53)(H,52,58)(H,54,61)(H,55,62)/t32-,37+,39-,40-,41+,42+/m0/s1. The average Bonchev–Trinajstić information content (AvgIpc) is 4.06. The van der Waals surface area contributed by atoms with Gasteiger partial charge in [0.1, 0.15) is 35.2 Å². The number of imidazole rings is 1. The van der Waals surface area contributed by atoms with E-state index >= 15 is 0 Å². The summed E-state index contributed by atoms with van der Waals surface area (Å²) in [6.07, 6.45) is 6.66. The number of rotatable bonds is 11. The van der Waals surface area contributed by atoms with Crippen LogP contribution in [0, 0.1) is 0 Å². The fourth-order valence-electron chi connectivity index (χ4n) is 9.15. The van der Waals surface area contributed by atoms with Gasteiger partial charge in [0.15, 0.2) is 0 Å². The Balaban J connectivity index is 0.961. The van der Waals surface area contributed by atoms with Crippen molar-refractivity contribution in [2.24, 2.45) is 0 Å². The molecular formula is C50H63N7O7. The van der Waals surface area contributed by atoms with Crippen LogP contribution in [0.3, 0.4) is 0 Å². The topological polar surface area (TPSA) is 175 Å². The molecule has 0 radical (unpaired) electrons. The molecule has 1 saturated carbocycles. The number of aromatic amines is 1. The van der Waals surface area contributed by atoms with Crippen LogP contribution in [0.5, 0.6) is 0 Å². The summed E-state index contributed by atoms with van der Waals surface area (Å²) in [4.78, 5) is 79.6. The van der Waals surface area contributed by atoms with Gasteiger partial charge in [-0.25, -0.2) is 14.6 Å². The van der Waals surface area contributed by atoms with E-state index in [9.17, 15) is 24.0 Å². The van der Waals surface area contributed by atoms with Crippen LogP contribution in [0.4, 0.5) is 9.59 Å². The Hall–Kier alpha value is -6.18. The number of nitrogens with zero attached hydrogens (tertiary/aromatic N) is 3. The molecule has 0 unspecified atom stereocenters. The summed E-state index contributed by atoms with van der Waals surface area (Å²) in [5.41, 5.74) is 2.91. The largest absolute Gasteiger partial charge is 0.444 e. The van der Waals surface area contributed by atoms with Gasteiger partial charge in [0.25, 0.3) is 11.8 Å². The van der Waals surface area contributed by atoms with Crippen LogP contribution in [0.1, 0.15) is 139 Å². The molecule has 3 aliphatic rings. The van der Waals surface area contributed by atoms with Crippen molar-refractivity contribution in [2.45, 2.75) is 140 Å². The van der Waals surface area contributed by atoms with Gasteiger partial charge in [0, 0.05) is 19.1 Å². The van der Waals surface area contributed by atoms with Gasteiger partial charge >= 0.3 is 12.2 Å². The van der Waals surface area contributed by atoms with Crippen LogP contribution in [0.25, 0.3) is 11.3 Å². The second-order valence-electron chi connectivity index (χ2n) is 19.2. The second kappa shape index (κ2) is 19.7. The molecular weight excluding hydrogens is 811 g/mol. The molecule has 4 aromatic rings. The molecule has 3 fully saturated rings. The maximum atomic E-state index is 14.2. The Bertz CT molecular complexity index is 2260. The zero-order valence-corrected chi connectivity index (χ0v) is 37.9. The molecule has 0 bridgehead atoms. The van der Waals surface area contributed by atoms with Crippen molar-refractivity contribution in [1.82, 2.24) is 35.7 Å². The van der Waals surface area contributed by atoms with Crippen molar-refractivity contribution in [3.05, 3.63) is 114 Å². The van der Waals surface area contributed by atoms with Crippen LogP contribution in [-0.2, 0) is 23.9 Å². The van der Waals surface area contributed by atoms with E-state index in [1.165, 1.54) is 5.56 Å². The fourth-order valence-corrected chi connectivity index (χ4v) is 9.15. The molecule has 1 aromatic heterocycles. The SMILES string of the molecule is CC(C)(C)OC(=O)N[C@@H](C(=O)N1CCC[C@H]1C(=O)N[C@H]1CC[C@@H](c2cccc(-c3cnc([C@@H]4CCCN4C(=O)[C@H](NC(=O)OC(C)(C)C)c4ccccc4)[nH]3)c2)CC1)c1ccccc1. The molecule has 2 saturated heterocycles. The maximum absolute atomic E-state index is 14.2. The summed E-state index contributed by atoms with van der Waals surface area (Å²) in [6.45, 7) is 11.6. The Kier molecular flexibility index (Phi) is 14.1. The van der Waals surface area contributed by atoms with Crippen molar-refractivity contribution < 1.29 is 33.4 Å². The van der Waals surface area contributed by atoms with Crippen LogP contribution in [0.2, 0.25) is 0 Å². The minimum atomic E-state index is -0.988. The number of ether oxygens (including phenoxy) is 2. The first-order valence-electron chi connectivity index (χ1n) is 22.7. The van der Waals surface area contributed by atoms with Gasteiger partial charge in [-0.2, -0.15) is 0 Å². The highest BCUT2D eigenvalue weighted by Crippen LogP contribution is 2.37. The third kappa shape index (κ3) is 11.5. The Labute approximate surface area is 376 Å². The Morgan fingerprint density at radius 1 is 0.672 bits per heavy atom. The first-order chi connectivity index (χ1) is 30.5. The molecule has 7 rings (SSSR count). The molecule has 1 aliphatic carbocycles. The van der Waals surface area contributed by atoms with Crippen molar-refractivity contribution in [1.29, 1.82) is 0 Å². The van der Waals surface area contributed by atoms with Gasteiger partial charge < -0.3 is 40.2 Å². The molecule has 2 aliphatic heterocycles. The zero-order valence-electron chi connectivity index (χ0n) is 37.9. The highest BCUT2D eigenvalue weighted by atomic mass is 16.6. The van der Waals surface area contributed by atoms with Crippen molar-refractivity contribution >= 4 is 29.9 Å². The first-order valence-corrected chi connectivity index (χ1v) is 22.7. The van der Waals surface area contributed by atoms with E-state index < -0.39 is 41.5 Å². The van der Waals surface area contributed by atoms with Crippen LogP contribution >= 0.6 is 0 Å². The third-order valence-corrected chi connectivity index (χ3v) is 12.1. The molecule has 3 aromatic carbocycles. The van der Waals surface area contributed by atoms with Crippen LogP contribution in [-0.4, -0.2) is 86.1 Å². The van der Waals surface area contributed by atoms with Crippen LogP contribution < -0.4 is 16.0 Å². The van der Waals surface area contributed by atoms with Gasteiger partial charge in [-0.3, -0.25) is 14.4 Å². The summed E-state index contributed by atoms with van der Waals surface area (Å²) in [7, 11) is 0. The molecule has 0 spiro atoms. The van der Waals surface area contributed by atoms with Gasteiger partial charge in [-0.05, 0) is 127 Å². The van der Waals surface area contributed by atoms with Gasteiger partial charge in [0.2, 0.25) is 5.91 Å². The minimum absolute atomic E-state index is 0.0117. The summed E-state index contributed by atoms with van der Waals surface area (Å²) in [5, 5.41) is 8.85. The number of carbonyl (C=O) groups is 5. The lowest BCUT2D eigenvalue weighted by Crippen LogP contribution is -2.52. The predicted octanol–water partition coefficient (Wildman–Crippen LogP) is 8.41. The summed E-state index contributed by atoms with van der Waals surface area (Å²) >= 11 is 0. The number of hydrogen-bond acceptors (Lipinski definition) is 8. The first kappa shape index (κ1) is 45.8. The smallest absolute Gasteiger partial charge is 0.408 e. The highest BCUT2D eigenvalue weighted by Gasteiger charge is 2.40. The third-order valence-electron chi connectivity index (χ3n) is 12.1. The molecule has 4 atom stereocenters. The Morgan fingerprint density at radius 2 is 1.22 bits per heavy atom. The Morgan fingerprint density at radius 3 is 1.80 bits per heavy atom. The van der Waals surface area contributed by atoms with Gasteiger partial charge in [-0.1, -0.05) is 78.9 Å². The van der Waals surface area contributed by atoms with E-state index in [0.717, 1.165) is 49.8 Å². The predicted molar refractivity (Wildman–Crippen MR) is 243 cm³/mol. The average molecular weight is 874 g/mol. The van der Waals surface area contributed by atoms with E-state index in [2.05, 4.69) is 45.2 Å². The van der Waals surface area contributed by atoms with Crippen molar-refractivity contribution in [3.8, 4) is 11.3 Å². The molecule has 14 nitrogen and oxygen atoms in total. The van der Waals surface area contributed by atoms with E-state index in [1.54, 1.807) is 63.5 Å². The number of aromatic nitrogens is 2. The summed E-state index contributed by atoms with van der Waals surface area (Å²) in [6, 6.07) is 23.9. The van der Waals surface area contributed by atoms with E-state index in [-0.39, 0.29) is 29.8 Å². The number of likely N-dealkylation sites (tertiary alicyclic amines) is 2. The molecule has 64 heavy (non-hydrogen) atoms. The van der Waals surface area contributed by atoms with Crippen molar-refractivity contribution in [3.63, 3.8) is 0 Å². The second-order valence-corrected chi connectivity index (χ2v) is 19.2. The van der Waals surface area contributed by atoms with Crippen molar-refractivity contribution in [2.75, 3.05) is 13.1 Å². The number of hydrogen-bond donors (Lipinski definition) is 4. The number of carbonyl (C=O) groups excluding carboxylic acids is 5. The number of nitrogens with one attached hydrogen (secondary N) is 4. The van der Waals surface area contributed by atoms with E-state index in [4.69, 9.17) is 14.5 Å².